The van der Waals surface area contributed by atoms with Crippen LogP contribution < -0.4 is 10.1 Å². The number of rotatable bonds is 4. The molecule has 0 aliphatic rings. The molecule has 0 unspecified atom stereocenters. The largest absolute Gasteiger partial charge is 0.496 e. The van der Waals surface area contributed by atoms with Crippen LogP contribution >= 0.6 is 15.9 Å². The number of fused-ring (bicyclic) bond motifs is 1. The topological polar surface area (TPSA) is 49.9 Å². The van der Waals surface area contributed by atoms with E-state index < -0.39 is 0 Å². The molecule has 0 amide bonds. The van der Waals surface area contributed by atoms with E-state index in [1.165, 1.54) is 5.56 Å². The summed E-state index contributed by atoms with van der Waals surface area (Å²) in [5, 5.41) is 11.6. The molecule has 102 valence electrons. The molecule has 0 aliphatic heterocycles. The van der Waals surface area contributed by atoms with Gasteiger partial charge in [0.2, 0.25) is 0 Å². The summed E-state index contributed by atoms with van der Waals surface area (Å²) in [5.41, 5.74) is 3.25. The molecule has 0 aliphatic carbocycles. The highest BCUT2D eigenvalue weighted by molar-refractivity contribution is 9.10. The highest BCUT2D eigenvalue weighted by Crippen LogP contribution is 2.26. The molecule has 4 nitrogen and oxygen atoms in total. The quantitative estimate of drug-likeness (QED) is 0.761. The smallest absolute Gasteiger partial charge is 0.133 e. The molecule has 0 fully saturated rings. The summed E-state index contributed by atoms with van der Waals surface area (Å²) in [5.74, 6) is 0.837. The molecule has 2 N–H and O–H groups in total. The number of hydrogen-bond acceptors (Lipinski definition) is 3. The Morgan fingerprint density at radius 3 is 3.00 bits per heavy atom. The van der Waals surface area contributed by atoms with Gasteiger partial charge in [-0.1, -0.05) is 18.2 Å². The lowest BCUT2D eigenvalue weighted by molar-refractivity contribution is 0.412. The Balaban J connectivity index is 1.79. The summed E-state index contributed by atoms with van der Waals surface area (Å²) in [4.78, 5) is 0. The minimum absolute atomic E-state index is 0.737. The van der Waals surface area contributed by atoms with Gasteiger partial charge in [0.25, 0.3) is 0 Å². The molecule has 20 heavy (non-hydrogen) atoms. The summed E-state index contributed by atoms with van der Waals surface area (Å²) in [6.07, 6.45) is 1.82. The number of aromatic amines is 1. The number of anilines is 1. The number of para-hydroxylation sites is 1. The van der Waals surface area contributed by atoms with E-state index in [1.54, 1.807) is 7.11 Å². The van der Waals surface area contributed by atoms with Crippen molar-refractivity contribution in [3.8, 4) is 5.75 Å². The molecular formula is C15H14BrN3O. The van der Waals surface area contributed by atoms with Gasteiger partial charge in [-0.05, 0) is 39.7 Å². The van der Waals surface area contributed by atoms with Crippen molar-refractivity contribution < 1.29 is 4.74 Å². The first kappa shape index (κ1) is 13.0. The first-order valence-electron chi connectivity index (χ1n) is 6.26. The molecule has 0 saturated carbocycles. The van der Waals surface area contributed by atoms with Crippen molar-refractivity contribution in [1.82, 2.24) is 10.2 Å². The summed E-state index contributed by atoms with van der Waals surface area (Å²) in [6.45, 7) is 0.737. The third-order valence-electron chi connectivity index (χ3n) is 3.18. The van der Waals surface area contributed by atoms with Gasteiger partial charge < -0.3 is 10.1 Å². The first-order valence-corrected chi connectivity index (χ1v) is 7.05. The van der Waals surface area contributed by atoms with Crippen LogP contribution in [-0.2, 0) is 6.54 Å². The fourth-order valence-corrected chi connectivity index (χ4v) is 2.72. The second-order valence-electron chi connectivity index (χ2n) is 4.46. The van der Waals surface area contributed by atoms with E-state index in [0.29, 0.717) is 0 Å². The molecule has 0 atom stereocenters. The van der Waals surface area contributed by atoms with Crippen LogP contribution in [0.4, 0.5) is 5.69 Å². The van der Waals surface area contributed by atoms with Crippen LogP contribution in [0.15, 0.2) is 47.1 Å². The highest BCUT2D eigenvalue weighted by Gasteiger charge is 2.04. The minimum atomic E-state index is 0.737. The molecule has 1 aromatic heterocycles. The van der Waals surface area contributed by atoms with E-state index in [-0.39, 0.29) is 0 Å². The average molecular weight is 332 g/mol. The minimum Gasteiger partial charge on any atom is -0.496 e. The Bertz CT molecular complexity index is 739. The third-order valence-corrected chi connectivity index (χ3v) is 3.80. The highest BCUT2D eigenvalue weighted by atomic mass is 79.9. The number of nitrogens with zero attached hydrogens (tertiary/aromatic N) is 1. The van der Waals surface area contributed by atoms with Gasteiger partial charge in [0.05, 0.1) is 29.0 Å². The van der Waals surface area contributed by atoms with Gasteiger partial charge in [-0.2, -0.15) is 5.10 Å². The van der Waals surface area contributed by atoms with Crippen LogP contribution in [-0.4, -0.2) is 17.3 Å². The van der Waals surface area contributed by atoms with E-state index >= 15 is 0 Å². The summed E-state index contributed by atoms with van der Waals surface area (Å²) in [7, 11) is 1.66. The SMILES string of the molecule is COc1ccc(CNc2cccc3cn[nH]c23)cc1Br. The predicted octanol–water partition coefficient (Wildman–Crippen LogP) is 3.95. The second kappa shape index (κ2) is 5.54. The number of nitrogens with one attached hydrogen (secondary N) is 2. The Labute approximate surface area is 125 Å². The molecular weight excluding hydrogens is 318 g/mol. The molecule has 0 radical (unpaired) electrons. The van der Waals surface area contributed by atoms with Gasteiger partial charge in [-0.15, -0.1) is 0 Å². The van der Waals surface area contributed by atoms with Crippen LogP contribution in [0.3, 0.4) is 0 Å². The number of H-pyrrole nitrogens is 1. The molecule has 0 bridgehead atoms. The van der Waals surface area contributed by atoms with Crippen LogP contribution in [0.2, 0.25) is 0 Å². The molecule has 0 spiro atoms. The van der Waals surface area contributed by atoms with Crippen molar-refractivity contribution in [2.45, 2.75) is 6.54 Å². The normalized spacial score (nSPS) is 10.7. The van der Waals surface area contributed by atoms with Gasteiger partial charge in [-0.25, -0.2) is 0 Å². The van der Waals surface area contributed by atoms with Crippen LogP contribution in [0.1, 0.15) is 5.56 Å². The van der Waals surface area contributed by atoms with Crippen LogP contribution in [0.25, 0.3) is 10.9 Å². The summed E-state index contributed by atoms with van der Waals surface area (Å²) >= 11 is 3.50. The van der Waals surface area contributed by atoms with Gasteiger partial charge >= 0.3 is 0 Å². The van der Waals surface area contributed by atoms with E-state index in [9.17, 15) is 0 Å². The lowest BCUT2D eigenvalue weighted by Crippen LogP contribution is -2.00. The van der Waals surface area contributed by atoms with Crippen molar-refractivity contribution >= 4 is 32.5 Å². The number of benzene rings is 2. The van der Waals surface area contributed by atoms with Gasteiger partial charge in [-0.3, -0.25) is 5.10 Å². The van der Waals surface area contributed by atoms with Crippen molar-refractivity contribution in [2.75, 3.05) is 12.4 Å². The van der Waals surface area contributed by atoms with Crippen LogP contribution in [0, 0.1) is 0 Å². The number of hydrogen-bond donors (Lipinski definition) is 2. The van der Waals surface area contributed by atoms with Gasteiger partial charge in [0.1, 0.15) is 5.75 Å². The maximum absolute atomic E-state index is 5.23. The zero-order chi connectivity index (χ0) is 13.9. The molecule has 5 heteroatoms. The van der Waals surface area contributed by atoms with Gasteiger partial charge in [0, 0.05) is 11.9 Å². The molecule has 3 rings (SSSR count). The number of aromatic nitrogens is 2. The molecule has 3 aromatic rings. The fourth-order valence-electron chi connectivity index (χ4n) is 2.13. The Morgan fingerprint density at radius 2 is 2.20 bits per heavy atom. The lowest BCUT2D eigenvalue weighted by Gasteiger charge is -2.09. The molecule has 1 heterocycles. The Hall–Kier alpha value is -2.01. The monoisotopic (exact) mass is 331 g/mol. The van der Waals surface area contributed by atoms with E-state index in [4.69, 9.17) is 4.74 Å². The zero-order valence-electron chi connectivity index (χ0n) is 11.0. The summed E-state index contributed by atoms with van der Waals surface area (Å²) < 4.78 is 6.19. The summed E-state index contributed by atoms with van der Waals surface area (Å²) in [6, 6.07) is 12.2. The van der Waals surface area contributed by atoms with Gasteiger partial charge in [0.15, 0.2) is 0 Å². The van der Waals surface area contributed by atoms with E-state index in [0.717, 1.165) is 33.4 Å². The Kier molecular flexibility index (Phi) is 3.60. The Morgan fingerprint density at radius 1 is 1.30 bits per heavy atom. The van der Waals surface area contributed by atoms with Crippen molar-refractivity contribution in [3.63, 3.8) is 0 Å². The maximum atomic E-state index is 5.23. The van der Waals surface area contributed by atoms with Crippen LogP contribution in [0.5, 0.6) is 5.75 Å². The zero-order valence-corrected chi connectivity index (χ0v) is 12.6. The predicted molar refractivity (Wildman–Crippen MR) is 84.1 cm³/mol. The molecule has 0 saturated heterocycles. The first-order chi connectivity index (χ1) is 9.78. The fraction of sp³-hybridized carbons (Fsp3) is 0.133. The number of ether oxygens (including phenoxy) is 1. The van der Waals surface area contributed by atoms with E-state index in [1.807, 2.05) is 36.5 Å². The lowest BCUT2D eigenvalue weighted by atomic mass is 10.2. The standard InChI is InChI=1S/C15H14BrN3O/c1-20-14-6-5-10(7-12(14)16)8-17-13-4-2-3-11-9-18-19-15(11)13/h2-7,9,17H,8H2,1H3,(H,18,19). The van der Waals surface area contributed by atoms with Crippen molar-refractivity contribution in [3.05, 3.63) is 52.6 Å². The molecule has 2 aromatic carbocycles. The number of methoxy groups -OCH3 is 1. The second-order valence-corrected chi connectivity index (χ2v) is 5.32. The number of halogens is 1. The van der Waals surface area contributed by atoms with E-state index in [2.05, 4.69) is 37.5 Å². The van der Waals surface area contributed by atoms with Crippen molar-refractivity contribution in [2.24, 2.45) is 0 Å². The average Bonchev–Trinajstić information content (AvgIpc) is 2.94. The van der Waals surface area contributed by atoms with Crippen molar-refractivity contribution in [1.29, 1.82) is 0 Å². The maximum Gasteiger partial charge on any atom is 0.133 e. The third kappa shape index (κ3) is 2.49.